The van der Waals surface area contributed by atoms with Gasteiger partial charge in [0.2, 0.25) is 0 Å². The molecule has 112 valence electrons. The molecule has 0 aliphatic heterocycles. The highest BCUT2D eigenvalue weighted by atomic mass is 32.2. The zero-order valence-corrected chi connectivity index (χ0v) is 13.4. The smallest absolute Gasteiger partial charge is 0.136 e. The number of benzene rings is 2. The second-order valence-electron chi connectivity index (χ2n) is 5.33. The van der Waals surface area contributed by atoms with Gasteiger partial charge < -0.3 is 4.40 Å². The van der Waals surface area contributed by atoms with Crippen LogP contribution in [0.1, 0.15) is 16.5 Å². The Morgan fingerprint density at radius 1 is 0.783 bits per heavy atom. The molecule has 2 aromatic carbocycles. The molecule has 0 radical (unpaired) electrons. The van der Waals surface area contributed by atoms with Gasteiger partial charge in [0.1, 0.15) is 5.65 Å². The van der Waals surface area contributed by atoms with E-state index in [1.165, 1.54) is 16.2 Å². The molecule has 4 aromatic rings. The number of hydrogen-bond acceptors (Lipinski definition) is 2. The summed E-state index contributed by atoms with van der Waals surface area (Å²) >= 11 is 1.85. The predicted octanol–water partition coefficient (Wildman–Crippen LogP) is 5.22. The molecule has 0 bridgehead atoms. The summed E-state index contributed by atoms with van der Waals surface area (Å²) in [5.74, 6) is 0. The van der Waals surface area contributed by atoms with Crippen molar-refractivity contribution in [3.05, 3.63) is 103 Å². The average molecular weight is 316 g/mol. The van der Waals surface area contributed by atoms with Crippen molar-refractivity contribution in [3.8, 4) is 0 Å². The molecule has 0 N–H and O–H groups in total. The highest BCUT2D eigenvalue weighted by molar-refractivity contribution is 7.99. The van der Waals surface area contributed by atoms with Gasteiger partial charge in [-0.2, -0.15) is 0 Å². The number of rotatable bonds is 4. The van der Waals surface area contributed by atoms with Crippen molar-refractivity contribution in [2.45, 2.75) is 10.1 Å². The summed E-state index contributed by atoms with van der Waals surface area (Å²) in [5, 5.41) is 0.205. The van der Waals surface area contributed by atoms with E-state index >= 15 is 0 Å². The van der Waals surface area contributed by atoms with Gasteiger partial charge in [0.05, 0.1) is 17.1 Å². The minimum absolute atomic E-state index is 0.205. The first-order chi connectivity index (χ1) is 11.4. The van der Waals surface area contributed by atoms with E-state index in [-0.39, 0.29) is 5.25 Å². The van der Waals surface area contributed by atoms with E-state index in [0.717, 1.165) is 5.65 Å². The van der Waals surface area contributed by atoms with Crippen molar-refractivity contribution < 1.29 is 0 Å². The zero-order chi connectivity index (χ0) is 15.5. The molecule has 1 unspecified atom stereocenters. The number of aromatic nitrogens is 2. The third-order valence-corrected chi connectivity index (χ3v) is 5.11. The maximum absolute atomic E-state index is 4.56. The van der Waals surface area contributed by atoms with E-state index in [0.29, 0.717) is 0 Å². The van der Waals surface area contributed by atoms with E-state index in [9.17, 15) is 0 Å². The van der Waals surface area contributed by atoms with E-state index in [1.807, 2.05) is 36.2 Å². The summed E-state index contributed by atoms with van der Waals surface area (Å²) in [6, 6.07) is 27.3. The molecule has 2 nitrogen and oxygen atoms in total. The van der Waals surface area contributed by atoms with Gasteiger partial charge in [-0.1, -0.05) is 54.6 Å². The summed E-state index contributed by atoms with van der Waals surface area (Å²) in [6.45, 7) is 0. The predicted molar refractivity (Wildman–Crippen MR) is 95.8 cm³/mol. The van der Waals surface area contributed by atoms with Crippen molar-refractivity contribution in [3.63, 3.8) is 0 Å². The van der Waals surface area contributed by atoms with Crippen LogP contribution in [0.2, 0.25) is 0 Å². The molecule has 1 atom stereocenters. The van der Waals surface area contributed by atoms with Gasteiger partial charge in [0.15, 0.2) is 0 Å². The van der Waals surface area contributed by atoms with Gasteiger partial charge in [-0.25, -0.2) is 4.98 Å². The number of nitrogens with zero attached hydrogens (tertiary/aromatic N) is 2. The highest BCUT2D eigenvalue weighted by Crippen LogP contribution is 2.40. The Hall–Kier alpha value is -2.52. The molecule has 0 fully saturated rings. The van der Waals surface area contributed by atoms with Gasteiger partial charge >= 0.3 is 0 Å². The number of fused-ring (bicyclic) bond motifs is 1. The van der Waals surface area contributed by atoms with Gasteiger partial charge in [-0.3, -0.25) is 0 Å². The summed E-state index contributed by atoms with van der Waals surface area (Å²) in [6.07, 6.45) is 4.07. The number of imidazole rings is 1. The molecular weight excluding hydrogens is 300 g/mol. The van der Waals surface area contributed by atoms with Gasteiger partial charge in [0.25, 0.3) is 0 Å². The van der Waals surface area contributed by atoms with Crippen LogP contribution in [0.15, 0.2) is 96.2 Å². The van der Waals surface area contributed by atoms with Crippen molar-refractivity contribution in [2.24, 2.45) is 0 Å². The van der Waals surface area contributed by atoms with Crippen LogP contribution in [0.25, 0.3) is 5.65 Å². The lowest BCUT2D eigenvalue weighted by atomic mass is 10.1. The molecule has 2 aromatic heterocycles. The monoisotopic (exact) mass is 316 g/mol. The Morgan fingerprint density at radius 2 is 1.48 bits per heavy atom. The second kappa shape index (κ2) is 6.31. The van der Waals surface area contributed by atoms with Crippen LogP contribution in [-0.2, 0) is 0 Å². The summed E-state index contributed by atoms with van der Waals surface area (Å²) in [5.41, 5.74) is 3.46. The Kier molecular flexibility index (Phi) is 3.86. The Morgan fingerprint density at radius 3 is 2.26 bits per heavy atom. The molecule has 4 rings (SSSR count). The van der Waals surface area contributed by atoms with Crippen molar-refractivity contribution >= 4 is 17.4 Å². The normalized spacial score (nSPS) is 12.3. The molecule has 2 heterocycles. The lowest BCUT2D eigenvalue weighted by molar-refractivity contribution is 1.00. The number of hydrogen-bond donors (Lipinski definition) is 0. The van der Waals surface area contributed by atoms with Crippen molar-refractivity contribution in [2.75, 3.05) is 0 Å². The van der Waals surface area contributed by atoms with E-state index < -0.39 is 0 Å². The first-order valence-corrected chi connectivity index (χ1v) is 8.48. The zero-order valence-electron chi connectivity index (χ0n) is 12.5. The summed E-state index contributed by atoms with van der Waals surface area (Å²) < 4.78 is 2.17. The minimum Gasteiger partial charge on any atom is -0.303 e. The van der Waals surface area contributed by atoms with Crippen LogP contribution in [0.3, 0.4) is 0 Å². The van der Waals surface area contributed by atoms with Crippen LogP contribution in [-0.4, -0.2) is 9.38 Å². The first-order valence-electron chi connectivity index (χ1n) is 7.60. The number of thioether (sulfide) groups is 1. The molecular formula is C20H16N2S. The number of pyridine rings is 1. The Labute approximate surface area is 139 Å². The quantitative estimate of drug-likeness (QED) is 0.480. The summed E-state index contributed by atoms with van der Waals surface area (Å²) in [4.78, 5) is 5.81. The fourth-order valence-corrected chi connectivity index (χ4v) is 3.88. The first kappa shape index (κ1) is 14.1. The van der Waals surface area contributed by atoms with Crippen molar-refractivity contribution in [1.82, 2.24) is 9.38 Å². The molecule has 23 heavy (non-hydrogen) atoms. The third kappa shape index (κ3) is 2.88. The Bertz CT molecular complexity index is 901. The highest BCUT2D eigenvalue weighted by Gasteiger charge is 2.19. The molecule has 0 spiro atoms. The van der Waals surface area contributed by atoms with Crippen LogP contribution in [0.4, 0.5) is 0 Å². The maximum atomic E-state index is 4.56. The molecule has 0 saturated carbocycles. The largest absolute Gasteiger partial charge is 0.303 e. The van der Waals surface area contributed by atoms with Crippen molar-refractivity contribution in [1.29, 1.82) is 0 Å². The Balaban J connectivity index is 1.82. The topological polar surface area (TPSA) is 17.3 Å². The van der Waals surface area contributed by atoms with Gasteiger partial charge in [0, 0.05) is 11.1 Å². The van der Waals surface area contributed by atoms with Crippen LogP contribution < -0.4 is 0 Å². The van der Waals surface area contributed by atoms with Crippen LogP contribution in [0.5, 0.6) is 0 Å². The van der Waals surface area contributed by atoms with Gasteiger partial charge in [-0.05, 0) is 29.8 Å². The molecule has 0 aliphatic carbocycles. The maximum Gasteiger partial charge on any atom is 0.136 e. The standard InChI is InChI=1S/C20H16N2S/c1-3-9-16(10-4-1)20(23-17-11-5-2-6-12-17)18-15-21-19-13-7-8-14-22(18)19/h1-15,20H. The lowest BCUT2D eigenvalue weighted by Gasteiger charge is -2.17. The fraction of sp³-hybridized carbons (Fsp3) is 0.0500. The van der Waals surface area contributed by atoms with Crippen LogP contribution >= 0.6 is 11.8 Å². The SMILES string of the molecule is c1ccc(SC(c2ccccc2)c2cnc3ccccn23)cc1. The molecule has 0 aliphatic rings. The average Bonchev–Trinajstić information content (AvgIpc) is 3.05. The van der Waals surface area contributed by atoms with E-state index in [2.05, 4.69) is 76.2 Å². The summed E-state index contributed by atoms with van der Waals surface area (Å²) in [7, 11) is 0. The molecule has 0 amide bonds. The minimum atomic E-state index is 0.205. The second-order valence-corrected chi connectivity index (χ2v) is 6.51. The van der Waals surface area contributed by atoms with Crippen LogP contribution in [0, 0.1) is 0 Å². The third-order valence-electron chi connectivity index (χ3n) is 3.81. The van der Waals surface area contributed by atoms with Gasteiger partial charge in [-0.15, -0.1) is 11.8 Å². The molecule has 3 heteroatoms. The van der Waals surface area contributed by atoms with E-state index in [1.54, 1.807) is 0 Å². The fourth-order valence-electron chi connectivity index (χ4n) is 2.71. The lowest BCUT2D eigenvalue weighted by Crippen LogP contribution is -2.01. The molecule has 0 saturated heterocycles. The van der Waals surface area contributed by atoms with E-state index in [4.69, 9.17) is 0 Å².